The van der Waals surface area contributed by atoms with Crippen LogP contribution in [0.4, 0.5) is 0 Å². The van der Waals surface area contributed by atoms with Crippen molar-refractivity contribution in [2.45, 2.75) is 59.0 Å². The fourth-order valence-electron chi connectivity index (χ4n) is 2.48. The molecule has 0 aromatic rings. The molecular formula is C11H25PS2. The molecule has 0 saturated carbocycles. The molecule has 0 nitrogen and oxygen atoms in total. The quantitative estimate of drug-likeness (QED) is 0.526. The lowest BCUT2D eigenvalue weighted by molar-refractivity contribution is 0.275. The van der Waals surface area contributed by atoms with Gasteiger partial charge in [-0.3, -0.25) is 0 Å². The average Bonchev–Trinajstić information content (AvgIpc) is 2.18. The second kappa shape index (κ2) is 6.55. The van der Waals surface area contributed by atoms with E-state index < -0.39 is 5.90 Å². The Balaban J connectivity index is 5.07. The summed E-state index contributed by atoms with van der Waals surface area (Å²) < 4.78 is 0. The van der Waals surface area contributed by atoms with Gasteiger partial charge in [-0.05, 0) is 24.2 Å². The Bertz CT molecular complexity index is 182. The third-order valence-electron chi connectivity index (χ3n) is 3.97. The fraction of sp³-hybridized carbons (Fsp3) is 1.00. The van der Waals surface area contributed by atoms with Crippen LogP contribution < -0.4 is 0 Å². The van der Waals surface area contributed by atoms with E-state index in [2.05, 4.69) is 46.9 Å². The van der Waals surface area contributed by atoms with E-state index in [0.717, 1.165) is 0 Å². The molecule has 0 spiro atoms. The van der Waals surface area contributed by atoms with Gasteiger partial charge in [-0.15, -0.1) is 12.2 Å². The molecule has 0 N–H and O–H groups in total. The van der Waals surface area contributed by atoms with Crippen molar-refractivity contribution in [3.05, 3.63) is 0 Å². The number of hydrogen-bond donors (Lipinski definition) is 1. The Hall–Kier alpha value is 1.00. The van der Waals surface area contributed by atoms with Crippen LogP contribution in [0.2, 0.25) is 0 Å². The molecule has 0 aromatic heterocycles. The molecule has 0 aromatic carbocycles. The maximum absolute atomic E-state index is 5.56. The van der Waals surface area contributed by atoms with Gasteiger partial charge in [0.25, 0.3) is 0 Å². The molecule has 0 fully saturated rings. The highest BCUT2D eigenvalue weighted by atomic mass is 32.9. The Morgan fingerprint density at radius 2 is 1.50 bits per heavy atom. The van der Waals surface area contributed by atoms with Crippen LogP contribution in [0, 0.1) is 11.8 Å². The lowest BCUT2D eigenvalue weighted by Gasteiger charge is -2.43. The Morgan fingerprint density at radius 3 is 1.64 bits per heavy atom. The van der Waals surface area contributed by atoms with Crippen LogP contribution in [0.1, 0.15) is 53.9 Å². The highest BCUT2D eigenvalue weighted by molar-refractivity contribution is 8.56. The van der Waals surface area contributed by atoms with Crippen molar-refractivity contribution >= 4 is 30.0 Å². The molecule has 0 heterocycles. The molecular weight excluding hydrogens is 227 g/mol. The van der Waals surface area contributed by atoms with Gasteiger partial charge in [0, 0.05) is 5.16 Å². The number of rotatable bonds is 6. The van der Waals surface area contributed by atoms with Crippen LogP contribution in [0.3, 0.4) is 0 Å². The molecule has 0 aliphatic carbocycles. The highest BCUT2D eigenvalue weighted by Crippen LogP contribution is 2.56. The summed E-state index contributed by atoms with van der Waals surface area (Å²) >= 11 is 10.2. The van der Waals surface area contributed by atoms with Crippen molar-refractivity contribution in [1.29, 1.82) is 0 Å². The average molecular weight is 252 g/mol. The summed E-state index contributed by atoms with van der Waals surface area (Å²) in [7, 11) is 0. The summed E-state index contributed by atoms with van der Waals surface area (Å²) in [5.41, 5.74) is 0. The Labute approximate surface area is 101 Å². The molecule has 3 heteroatoms. The minimum absolute atomic E-state index is 0.340. The van der Waals surface area contributed by atoms with Gasteiger partial charge in [0.05, 0.1) is 0 Å². The molecule has 0 aliphatic heterocycles. The first kappa shape index (κ1) is 15.0. The smallest absolute Gasteiger partial charge is 0.0102 e. The summed E-state index contributed by atoms with van der Waals surface area (Å²) in [5, 5.41) is 0.340. The van der Waals surface area contributed by atoms with Crippen LogP contribution in [0.25, 0.3) is 0 Å². The van der Waals surface area contributed by atoms with Gasteiger partial charge in [0.1, 0.15) is 0 Å². The number of thiol groups is 1. The molecule has 3 atom stereocenters. The molecule has 0 bridgehead atoms. The molecule has 0 aliphatic rings. The van der Waals surface area contributed by atoms with Crippen molar-refractivity contribution in [1.82, 2.24) is 0 Å². The molecule has 0 amide bonds. The van der Waals surface area contributed by atoms with Gasteiger partial charge in [-0.2, -0.15) is 0 Å². The van der Waals surface area contributed by atoms with E-state index in [1.54, 1.807) is 0 Å². The predicted molar refractivity (Wildman–Crippen MR) is 76.6 cm³/mol. The zero-order valence-corrected chi connectivity index (χ0v) is 12.8. The van der Waals surface area contributed by atoms with E-state index in [4.69, 9.17) is 11.8 Å². The third-order valence-corrected chi connectivity index (χ3v) is 8.49. The summed E-state index contributed by atoms with van der Waals surface area (Å²) in [6.45, 7) is 11.5. The van der Waals surface area contributed by atoms with Gasteiger partial charge >= 0.3 is 0 Å². The summed E-state index contributed by atoms with van der Waals surface area (Å²) in [5.74, 6) is 0.501. The second-order valence-corrected chi connectivity index (χ2v) is 9.33. The van der Waals surface area contributed by atoms with E-state index in [9.17, 15) is 0 Å². The van der Waals surface area contributed by atoms with Gasteiger partial charge in [-0.1, -0.05) is 59.3 Å². The van der Waals surface area contributed by atoms with Crippen molar-refractivity contribution in [3.8, 4) is 0 Å². The molecule has 86 valence electrons. The van der Waals surface area contributed by atoms with Gasteiger partial charge in [0.2, 0.25) is 0 Å². The van der Waals surface area contributed by atoms with E-state index >= 15 is 0 Å². The molecule has 3 unspecified atom stereocenters. The minimum atomic E-state index is -0.928. The standard InChI is InChI=1S/C11H25PS2/c1-6-9(4)11(8-3,12(13)14)10(5)7-2/h9-10,12H,6-8H2,1-5H3,(H,13,14). The van der Waals surface area contributed by atoms with E-state index in [0.29, 0.717) is 17.0 Å². The summed E-state index contributed by atoms with van der Waals surface area (Å²) in [6, 6.07) is 0. The number of hydrogen-bond acceptors (Lipinski definition) is 1. The first-order chi connectivity index (χ1) is 6.47. The van der Waals surface area contributed by atoms with Crippen LogP contribution in [0.15, 0.2) is 0 Å². The zero-order valence-electron chi connectivity index (χ0n) is 10.1. The monoisotopic (exact) mass is 252 g/mol. The summed E-state index contributed by atoms with van der Waals surface area (Å²) in [6.07, 6.45) is 3.64. The van der Waals surface area contributed by atoms with E-state index in [1.165, 1.54) is 19.3 Å². The maximum atomic E-state index is 5.56. The normalized spacial score (nSPS) is 22.4. The molecule has 0 radical (unpaired) electrons. The highest BCUT2D eigenvalue weighted by Gasteiger charge is 2.39. The van der Waals surface area contributed by atoms with E-state index in [1.807, 2.05) is 0 Å². The van der Waals surface area contributed by atoms with Crippen LogP contribution >= 0.6 is 18.1 Å². The zero-order chi connectivity index (χ0) is 11.4. The van der Waals surface area contributed by atoms with Gasteiger partial charge in [0.15, 0.2) is 0 Å². The maximum Gasteiger partial charge on any atom is 0.0102 e. The first-order valence-electron chi connectivity index (χ1n) is 5.70. The molecule has 14 heavy (non-hydrogen) atoms. The Morgan fingerprint density at radius 1 is 1.14 bits per heavy atom. The minimum Gasteiger partial charge on any atom is -0.143 e. The molecule has 0 saturated heterocycles. The van der Waals surface area contributed by atoms with Gasteiger partial charge < -0.3 is 0 Å². The second-order valence-electron chi connectivity index (χ2n) is 4.32. The topological polar surface area (TPSA) is 0 Å². The van der Waals surface area contributed by atoms with Crippen molar-refractivity contribution < 1.29 is 0 Å². The largest absolute Gasteiger partial charge is 0.143 e. The van der Waals surface area contributed by atoms with Gasteiger partial charge in [-0.25, -0.2) is 0 Å². The van der Waals surface area contributed by atoms with Crippen molar-refractivity contribution in [2.75, 3.05) is 0 Å². The van der Waals surface area contributed by atoms with Crippen LogP contribution in [-0.2, 0) is 11.8 Å². The summed E-state index contributed by atoms with van der Waals surface area (Å²) in [4.78, 5) is 0. The Kier molecular flexibility index (Phi) is 7.02. The third kappa shape index (κ3) is 2.77. The SMILES string of the molecule is CCC(C)C(CC)(C(C)CC)[PH](=S)S. The van der Waals surface area contributed by atoms with Crippen molar-refractivity contribution in [2.24, 2.45) is 11.8 Å². The first-order valence-corrected chi connectivity index (χ1v) is 9.62. The van der Waals surface area contributed by atoms with E-state index in [-0.39, 0.29) is 0 Å². The van der Waals surface area contributed by atoms with Crippen molar-refractivity contribution in [3.63, 3.8) is 0 Å². The lowest BCUT2D eigenvalue weighted by atomic mass is 9.78. The molecule has 0 rings (SSSR count). The van der Waals surface area contributed by atoms with Crippen LogP contribution in [-0.4, -0.2) is 5.16 Å². The fourth-order valence-corrected chi connectivity index (χ4v) is 7.47. The lowest BCUT2D eigenvalue weighted by Crippen LogP contribution is -2.37. The predicted octanol–water partition coefficient (Wildman–Crippen LogP) is 4.75. The van der Waals surface area contributed by atoms with Crippen LogP contribution in [0.5, 0.6) is 0 Å².